The van der Waals surface area contributed by atoms with E-state index in [-0.39, 0.29) is 0 Å². The molecule has 1 aromatic heterocycles. The van der Waals surface area contributed by atoms with Crippen molar-refractivity contribution in [3.8, 4) is 44.5 Å². The monoisotopic (exact) mass is 948 g/mol. The Hall–Kier alpha value is -9.44. The van der Waals surface area contributed by atoms with E-state index in [2.05, 4.69) is 297 Å². The van der Waals surface area contributed by atoms with E-state index in [1.807, 2.05) is 0 Å². The Morgan fingerprint density at radius 1 is 0.284 bits per heavy atom. The number of nitrogens with zero attached hydrogens (tertiary/aromatic N) is 2. The summed E-state index contributed by atoms with van der Waals surface area (Å²) in [7, 11) is 0. The minimum atomic E-state index is 0.454. The van der Waals surface area contributed by atoms with Crippen LogP contribution in [0, 0.1) is 0 Å². The fraction of sp³-hybridized carbons (Fsp3) is 0.0423. The molecular formula is C71H52N2O. The largest absolute Gasteiger partial charge is 0.456 e. The maximum atomic E-state index is 6.91. The van der Waals surface area contributed by atoms with E-state index >= 15 is 0 Å². The number of hydrogen-bond acceptors (Lipinski definition) is 3. The molecule has 3 nitrogen and oxygen atoms in total. The quantitative estimate of drug-likeness (QED) is 0.129. The third-order valence-corrected chi connectivity index (χ3v) is 14.6. The van der Waals surface area contributed by atoms with Gasteiger partial charge in [0.05, 0.1) is 22.7 Å². The summed E-state index contributed by atoms with van der Waals surface area (Å²) in [5.74, 6) is 0.454. The molecule has 0 atom stereocenters. The lowest BCUT2D eigenvalue weighted by atomic mass is 9.96. The molecule has 1 heterocycles. The highest BCUT2D eigenvalue weighted by atomic mass is 16.3. The van der Waals surface area contributed by atoms with Gasteiger partial charge in [-0.05, 0) is 128 Å². The fourth-order valence-electron chi connectivity index (χ4n) is 10.9. The predicted octanol–water partition coefficient (Wildman–Crippen LogP) is 20.6. The number of fused-ring (bicyclic) bond motifs is 5. The molecule has 0 aliphatic carbocycles. The fourth-order valence-corrected chi connectivity index (χ4v) is 10.9. The Labute approximate surface area is 432 Å². The topological polar surface area (TPSA) is 19.6 Å². The Balaban J connectivity index is 0.949. The van der Waals surface area contributed by atoms with Gasteiger partial charge in [-0.25, -0.2) is 0 Å². The minimum Gasteiger partial charge on any atom is -0.456 e. The summed E-state index contributed by atoms with van der Waals surface area (Å²) < 4.78 is 6.91. The molecule has 0 bridgehead atoms. The smallest absolute Gasteiger partial charge is 0.136 e. The number of furan rings is 1. The first-order chi connectivity index (χ1) is 36.5. The molecule has 0 fully saturated rings. The minimum absolute atomic E-state index is 0.454. The first kappa shape index (κ1) is 44.5. The van der Waals surface area contributed by atoms with E-state index < -0.39 is 0 Å². The van der Waals surface area contributed by atoms with E-state index in [4.69, 9.17) is 4.42 Å². The molecule has 74 heavy (non-hydrogen) atoms. The van der Waals surface area contributed by atoms with Crippen LogP contribution in [0.3, 0.4) is 0 Å². The van der Waals surface area contributed by atoms with Gasteiger partial charge >= 0.3 is 0 Å². The van der Waals surface area contributed by atoms with Crippen molar-refractivity contribution in [2.75, 3.05) is 9.80 Å². The van der Waals surface area contributed by atoms with Crippen LogP contribution >= 0.6 is 0 Å². The second kappa shape index (κ2) is 19.0. The highest BCUT2D eigenvalue weighted by Gasteiger charge is 2.23. The molecule has 352 valence electrons. The van der Waals surface area contributed by atoms with Crippen LogP contribution in [0.25, 0.3) is 88.0 Å². The third-order valence-electron chi connectivity index (χ3n) is 14.6. The van der Waals surface area contributed by atoms with Crippen molar-refractivity contribution in [1.82, 2.24) is 0 Å². The van der Waals surface area contributed by atoms with Gasteiger partial charge in [0.1, 0.15) is 11.2 Å². The van der Waals surface area contributed by atoms with Gasteiger partial charge in [0, 0.05) is 44.4 Å². The highest BCUT2D eigenvalue weighted by molar-refractivity contribution is 6.14. The summed E-state index contributed by atoms with van der Waals surface area (Å²) in [6, 6.07) is 98.9. The van der Waals surface area contributed by atoms with E-state index in [1.54, 1.807) is 0 Å². The number of benzene rings is 12. The summed E-state index contributed by atoms with van der Waals surface area (Å²) in [5, 5.41) is 6.71. The van der Waals surface area contributed by atoms with Crippen molar-refractivity contribution in [1.29, 1.82) is 0 Å². The van der Waals surface area contributed by atoms with Crippen LogP contribution in [0.15, 0.2) is 277 Å². The molecule has 0 N–H and O–H groups in total. The van der Waals surface area contributed by atoms with Crippen LogP contribution in [-0.4, -0.2) is 0 Å². The number of rotatable bonds is 11. The average molecular weight is 949 g/mol. The molecule has 0 amide bonds. The van der Waals surface area contributed by atoms with Crippen LogP contribution in [0.1, 0.15) is 25.3 Å². The molecule has 0 aliphatic rings. The third kappa shape index (κ3) is 8.15. The standard InChI is InChI=1S/C71H52N2O/c1-48(2)49-34-36-53(37-35-49)63-29-15-19-33-69(63)73(68-32-18-14-28-62(68)52-24-10-5-11-25-52)59-41-39-55-45-65-64-44-54-38-40-58(42-56(54)46-70(64)74-71(65)47-57(55)43-59)72(66-30-16-12-26-60(66)50-20-6-3-7-21-50)67-31-17-13-27-61(67)51-22-8-4-9-23-51/h3-48H,1-2H3. The Bertz CT molecular complexity index is 4080. The summed E-state index contributed by atoms with van der Waals surface area (Å²) in [6.45, 7) is 4.49. The van der Waals surface area contributed by atoms with Gasteiger partial charge in [0.2, 0.25) is 0 Å². The molecule has 0 unspecified atom stereocenters. The maximum Gasteiger partial charge on any atom is 0.136 e. The normalized spacial score (nSPS) is 11.5. The lowest BCUT2D eigenvalue weighted by Crippen LogP contribution is -2.12. The highest BCUT2D eigenvalue weighted by Crippen LogP contribution is 2.48. The molecule has 0 saturated heterocycles. The summed E-state index contributed by atoms with van der Waals surface area (Å²) in [5.41, 5.74) is 18.9. The van der Waals surface area contributed by atoms with E-state index in [0.29, 0.717) is 5.92 Å². The Kier molecular flexibility index (Phi) is 11.4. The molecule has 0 saturated carbocycles. The van der Waals surface area contributed by atoms with Gasteiger partial charge in [-0.3, -0.25) is 0 Å². The van der Waals surface area contributed by atoms with Crippen molar-refractivity contribution < 1.29 is 4.42 Å². The number of anilines is 6. The first-order valence-electron chi connectivity index (χ1n) is 25.6. The van der Waals surface area contributed by atoms with Crippen molar-refractivity contribution in [2.24, 2.45) is 0 Å². The van der Waals surface area contributed by atoms with E-state index in [1.165, 1.54) is 11.1 Å². The lowest BCUT2D eigenvalue weighted by Gasteiger charge is -2.30. The van der Waals surface area contributed by atoms with Crippen LogP contribution in [0.5, 0.6) is 0 Å². The van der Waals surface area contributed by atoms with Gasteiger partial charge in [0.15, 0.2) is 0 Å². The van der Waals surface area contributed by atoms with Crippen LogP contribution in [0.2, 0.25) is 0 Å². The number of para-hydroxylation sites is 4. The van der Waals surface area contributed by atoms with E-state index in [9.17, 15) is 0 Å². The zero-order chi connectivity index (χ0) is 49.5. The lowest BCUT2D eigenvalue weighted by molar-refractivity contribution is 0.670. The van der Waals surface area contributed by atoms with Crippen LogP contribution < -0.4 is 9.80 Å². The van der Waals surface area contributed by atoms with Crippen LogP contribution in [0.4, 0.5) is 34.1 Å². The molecule has 0 spiro atoms. The molecule has 3 heteroatoms. The predicted molar refractivity (Wildman–Crippen MR) is 314 cm³/mol. The second-order valence-corrected chi connectivity index (χ2v) is 19.5. The molecule has 13 rings (SSSR count). The molecule has 12 aromatic carbocycles. The van der Waals surface area contributed by atoms with E-state index in [0.717, 1.165) is 117 Å². The molecule has 0 radical (unpaired) electrons. The van der Waals surface area contributed by atoms with Crippen LogP contribution in [-0.2, 0) is 0 Å². The van der Waals surface area contributed by atoms with Crippen molar-refractivity contribution in [2.45, 2.75) is 19.8 Å². The second-order valence-electron chi connectivity index (χ2n) is 19.5. The van der Waals surface area contributed by atoms with Crippen molar-refractivity contribution in [3.63, 3.8) is 0 Å². The first-order valence-corrected chi connectivity index (χ1v) is 25.6. The van der Waals surface area contributed by atoms with Gasteiger partial charge in [0.25, 0.3) is 0 Å². The van der Waals surface area contributed by atoms with Gasteiger partial charge in [-0.1, -0.05) is 214 Å². The zero-order valence-corrected chi connectivity index (χ0v) is 41.4. The van der Waals surface area contributed by atoms with Crippen molar-refractivity contribution >= 4 is 77.6 Å². The van der Waals surface area contributed by atoms with Crippen molar-refractivity contribution in [3.05, 3.63) is 279 Å². The Morgan fingerprint density at radius 2 is 0.608 bits per heavy atom. The maximum absolute atomic E-state index is 6.91. The summed E-state index contributed by atoms with van der Waals surface area (Å²) >= 11 is 0. The molecule has 13 aromatic rings. The average Bonchev–Trinajstić information content (AvgIpc) is 3.83. The van der Waals surface area contributed by atoms with Gasteiger partial charge in [-0.2, -0.15) is 0 Å². The SMILES string of the molecule is CC(C)c1ccc(-c2ccccc2N(c2ccc3cc4c(cc3c2)oc2cc3cc(N(c5ccccc5-c5ccccc5)c5ccccc5-c5ccccc5)ccc3cc24)c2ccccc2-c2ccccc2)cc1. The zero-order valence-electron chi connectivity index (χ0n) is 41.4. The number of hydrogen-bond donors (Lipinski definition) is 0. The van der Waals surface area contributed by atoms with Gasteiger partial charge < -0.3 is 14.2 Å². The molecule has 0 aliphatic heterocycles. The Morgan fingerprint density at radius 3 is 0.959 bits per heavy atom. The summed E-state index contributed by atoms with van der Waals surface area (Å²) in [6.07, 6.45) is 0. The summed E-state index contributed by atoms with van der Waals surface area (Å²) in [4.78, 5) is 4.85. The molecular weight excluding hydrogens is 897 g/mol. The van der Waals surface area contributed by atoms with Gasteiger partial charge in [-0.15, -0.1) is 0 Å².